The lowest BCUT2D eigenvalue weighted by Gasteiger charge is -2.15. The van der Waals surface area contributed by atoms with Crippen LogP contribution in [0.5, 0.6) is 0 Å². The van der Waals surface area contributed by atoms with Gasteiger partial charge in [-0.1, -0.05) is 0 Å². The van der Waals surface area contributed by atoms with E-state index in [1.54, 1.807) is 6.07 Å². The highest BCUT2D eigenvalue weighted by Crippen LogP contribution is 2.18. The number of carbonyl (C=O) groups excluding carboxylic acids is 1. The number of primary amides is 1. The molecule has 2 heterocycles. The summed E-state index contributed by atoms with van der Waals surface area (Å²) in [6.45, 7) is 1.81. The van der Waals surface area contributed by atoms with Crippen LogP contribution in [0.1, 0.15) is 29.0 Å². The molecule has 0 bridgehead atoms. The molecule has 98 valence electrons. The Labute approximate surface area is 108 Å². The predicted molar refractivity (Wildman–Crippen MR) is 66.8 cm³/mol. The van der Waals surface area contributed by atoms with Crippen LogP contribution < -0.4 is 11.1 Å². The van der Waals surface area contributed by atoms with Gasteiger partial charge < -0.3 is 11.1 Å². The number of nitrogens with zero attached hydrogens (tertiary/aromatic N) is 3. The summed E-state index contributed by atoms with van der Waals surface area (Å²) in [4.78, 5) is 22.9. The molecule has 1 atom stereocenters. The molecule has 0 aliphatic carbocycles. The molecule has 1 unspecified atom stereocenters. The maximum absolute atomic E-state index is 12.8. The third-order valence-corrected chi connectivity index (χ3v) is 2.52. The smallest absolute Gasteiger partial charge is 0.254 e. The van der Waals surface area contributed by atoms with E-state index < -0.39 is 11.7 Å². The number of amides is 1. The number of aromatic nitrogens is 3. The van der Waals surface area contributed by atoms with Crippen molar-refractivity contribution in [3.63, 3.8) is 0 Å². The summed E-state index contributed by atoms with van der Waals surface area (Å²) in [6, 6.07) is 2.61. The van der Waals surface area contributed by atoms with Gasteiger partial charge in [0.05, 0.1) is 23.5 Å². The molecule has 0 aliphatic heterocycles. The first-order valence-corrected chi connectivity index (χ1v) is 5.55. The summed E-state index contributed by atoms with van der Waals surface area (Å²) in [5.74, 6) is -0.709. The number of halogens is 1. The van der Waals surface area contributed by atoms with Gasteiger partial charge in [0.2, 0.25) is 0 Å². The predicted octanol–water partition coefficient (Wildman–Crippen LogP) is 1.28. The number of anilines is 1. The molecule has 3 N–H and O–H groups in total. The normalized spacial score (nSPS) is 11.9. The summed E-state index contributed by atoms with van der Waals surface area (Å²) in [5.41, 5.74) is 6.04. The van der Waals surface area contributed by atoms with Gasteiger partial charge in [0.1, 0.15) is 18.0 Å². The van der Waals surface area contributed by atoms with Crippen molar-refractivity contribution < 1.29 is 9.18 Å². The summed E-state index contributed by atoms with van der Waals surface area (Å²) in [5, 5.41) is 2.99. The minimum Gasteiger partial charge on any atom is -0.365 e. The van der Waals surface area contributed by atoms with Crippen LogP contribution in [-0.2, 0) is 0 Å². The van der Waals surface area contributed by atoms with E-state index in [1.165, 1.54) is 18.6 Å². The highest BCUT2D eigenvalue weighted by atomic mass is 19.1. The van der Waals surface area contributed by atoms with Crippen LogP contribution in [-0.4, -0.2) is 20.9 Å². The number of carbonyl (C=O) groups is 1. The molecule has 0 saturated heterocycles. The van der Waals surface area contributed by atoms with Gasteiger partial charge in [-0.25, -0.2) is 14.4 Å². The van der Waals surface area contributed by atoms with Crippen LogP contribution in [0, 0.1) is 5.82 Å². The first-order valence-electron chi connectivity index (χ1n) is 5.55. The molecule has 7 heteroatoms. The zero-order valence-electron chi connectivity index (χ0n) is 10.2. The van der Waals surface area contributed by atoms with Crippen LogP contribution in [0.2, 0.25) is 0 Å². The number of hydrogen-bond acceptors (Lipinski definition) is 5. The Hall–Kier alpha value is -2.57. The monoisotopic (exact) mass is 261 g/mol. The van der Waals surface area contributed by atoms with Crippen molar-refractivity contribution in [2.45, 2.75) is 13.0 Å². The second-order valence-corrected chi connectivity index (χ2v) is 3.92. The van der Waals surface area contributed by atoms with Gasteiger partial charge in [0, 0.05) is 6.20 Å². The van der Waals surface area contributed by atoms with Crippen LogP contribution >= 0.6 is 0 Å². The Bertz CT molecular complexity index is 587. The number of pyridine rings is 1. The van der Waals surface area contributed by atoms with Crippen molar-refractivity contribution in [3.8, 4) is 0 Å². The zero-order valence-corrected chi connectivity index (χ0v) is 10.2. The van der Waals surface area contributed by atoms with Crippen LogP contribution in [0.15, 0.2) is 30.9 Å². The largest absolute Gasteiger partial charge is 0.365 e. The molecule has 0 aromatic carbocycles. The highest BCUT2D eigenvalue weighted by Gasteiger charge is 2.13. The van der Waals surface area contributed by atoms with Crippen molar-refractivity contribution in [2.75, 3.05) is 5.32 Å². The Balaban J connectivity index is 2.21. The molecule has 0 spiro atoms. The van der Waals surface area contributed by atoms with E-state index in [0.29, 0.717) is 11.5 Å². The molecule has 2 aromatic heterocycles. The molecule has 0 fully saturated rings. The Morgan fingerprint density at radius 2 is 2.16 bits per heavy atom. The number of nitrogens with two attached hydrogens (primary N) is 1. The maximum atomic E-state index is 12.8. The lowest BCUT2D eigenvalue weighted by Crippen LogP contribution is -2.18. The molecular formula is C12H12FN5O. The minimum absolute atomic E-state index is 0.191. The van der Waals surface area contributed by atoms with E-state index in [1.807, 2.05) is 6.92 Å². The summed E-state index contributed by atoms with van der Waals surface area (Å²) in [6.07, 6.45) is 3.77. The maximum Gasteiger partial charge on any atom is 0.254 e. The van der Waals surface area contributed by atoms with E-state index >= 15 is 0 Å². The number of hydrogen-bond donors (Lipinski definition) is 2. The van der Waals surface area contributed by atoms with Gasteiger partial charge in [-0.3, -0.25) is 9.78 Å². The van der Waals surface area contributed by atoms with E-state index in [9.17, 15) is 9.18 Å². The van der Waals surface area contributed by atoms with Crippen molar-refractivity contribution in [1.29, 1.82) is 0 Å². The van der Waals surface area contributed by atoms with Crippen molar-refractivity contribution in [1.82, 2.24) is 15.0 Å². The topological polar surface area (TPSA) is 93.8 Å². The highest BCUT2D eigenvalue weighted by molar-refractivity contribution is 5.97. The molecule has 0 aliphatic rings. The quantitative estimate of drug-likeness (QED) is 0.864. The van der Waals surface area contributed by atoms with Gasteiger partial charge in [-0.2, -0.15) is 0 Å². The Morgan fingerprint density at radius 3 is 2.79 bits per heavy atom. The first kappa shape index (κ1) is 12.9. The van der Waals surface area contributed by atoms with Gasteiger partial charge in [-0.05, 0) is 19.1 Å². The third-order valence-electron chi connectivity index (χ3n) is 2.52. The van der Waals surface area contributed by atoms with Gasteiger partial charge in [0.25, 0.3) is 5.91 Å². The van der Waals surface area contributed by atoms with E-state index in [-0.39, 0.29) is 11.6 Å². The molecular weight excluding hydrogens is 249 g/mol. The summed E-state index contributed by atoms with van der Waals surface area (Å²) >= 11 is 0. The zero-order chi connectivity index (χ0) is 13.8. The second kappa shape index (κ2) is 5.38. The fraction of sp³-hybridized carbons (Fsp3) is 0.167. The SMILES string of the molecule is CC(Nc1ncncc1C(N)=O)c1ccc(F)cn1. The van der Waals surface area contributed by atoms with Crippen LogP contribution in [0.25, 0.3) is 0 Å². The average molecular weight is 261 g/mol. The molecule has 19 heavy (non-hydrogen) atoms. The van der Waals surface area contributed by atoms with Crippen LogP contribution in [0.3, 0.4) is 0 Å². The van der Waals surface area contributed by atoms with Gasteiger partial charge >= 0.3 is 0 Å². The molecule has 2 rings (SSSR count). The molecule has 1 amide bonds. The molecule has 2 aromatic rings. The minimum atomic E-state index is -0.623. The van der Waals surface area contributed by atoms with Gasteiger partial charge in [-0.15, -0.1) is 0 Å². The first-order chi connectivity index (χ1) is 9.08. The lowest BCUT2D eigenvalue weighted by molar-refractivity contribution is 0.100. The summed E-state index contributed by atoms with van der Waals surface area (Å²) in [7, 11) is 0. The van der Waals surface area contributed by atoms with E-state index in [2.05, 4.69) is 20.3 Å². The van der Waals surface area contributed by atoms with Crippen molar-refractivity contribution in [2.24, 2.45) is 5.73 Å². The van der Waals surface area contributed by atoms with Crippen LogP contribution in [0.4, 0.5) is 10.2 Å². The van der Waals surface area contributed by atoms with E-state index in [0.717, 1.165) is 6.20 Å². The lowest BCUT2D eigenvalue weighted by atomic mass is 10.2. The Morgan fingerprint density at radius 1 is 1.37 bits per heavy atom. The average Bonchev–Trinajstić information content (AvgIpc) is 2.39. The molecule has 0 saturated carbocycles. The fourth-order valence-electron chi connectivity index (χ4n) is 1.55. The molecule has 0 radical (unpaired) electrons. The van der Waals surface area contributed by atoms with Crippen molar-refractivity contribution in [3.05, 3.63) is 47.9 Å². The fourth-order valence-corrected chi connectivity index (χ4v) is 1.55. The third kappa shape index (κ3) is 3.01. The Kier molecular flexibility index (Phi) is 3.65. The standard InChI is InChI=1S/C12H12FN5O/c1-7(10-3-2-8(13)4-16-10)18-12-9(11(14)19)5-15-6-17-12/h2-7H,1H3,(H2,14,19)(H,15,17,18). The number of rotatable bonds is 4. The summed E-state index contributed by atoms with van der Waals surface area (Å²) < 4.78 is 12.8. The van der Waals surface area contributed by atoms with Gasteiger partial charge in [0.15, 0.2) is 0 Å². The van der Waals surface area contributed by atoms with Crippen molar-refractivity contribution >= 4 is 11.7 Å². The number of nitrogens with one attached hydrogen (secondary N) is 1. The second-order valence-electron chi connectivity index (χ2n) is 3.92. The van der Waals surface area contributed by atoms with E-state index in [4.69, 9.17) is 5.73 Å². The molecule has 6 nitrogen and oxygen atoms in total.